The fourth-order valence-corrected chi connectivity index (χ4v) is 2.07. The largest absolute Gasteiger partial charge is 0.446 e. The number of rotatable bonds is 1. The van der Waals surface area contributed by atoms with Crippen LogP contribution in [0.4, 0.5) is 13.6 Å². The molecule has 0 fully saturated rings. The van der Waals surface area contributed by atoms with Crippen molar-refractivity contribution in [3.05, 3.63) is 34.9 Å². The molecule has 3 nitrogen and oxygen atoms in total. The molecule has 1 amide bonds. The molecule has 1 aromatic carbocycles. The van der Waals surface area contributed by atoms with E-state index in [9.17, 15) is 13.6 Å². The fraction of sp³-hybridized carbons (Fsp3) is 0.417. The van der Waals surface area contributed by atoms with E-state index in [1.54, 1.807) is 0 Å². The number of nitrogens with one attached hydrogen (secondary N) is 1. The fourth-order valence-electron chi connectivity index (χ4n) is 2.07. The number of benzene rings is 1. The number of hydrogen-bond donors (Lipinski definition) is 1. The first-order valence-electron chi connectivity index (χ1n) is 5.45. The maximum absolute atomic E-state index is 13.5. The summed E-state index contributed by atoms with van der Waals surface area (Å²) in [5, 5.41) is 2.35. The quantitative estimate of drug-likeness (QED) is 0.818. The van der Waals surface area contributed by atoms with Crippen LogP contribution in [0.5, 0.6) is 0 Å². The van der Waals surface area contributed by atoms with Crippen LogP contribution in [-0.4, -0.2) is 19.2 Å². The first-order chi connectivity index (χ1) is 8.10. The van der Waals surface area contributed by atoms with Crippen molar-refractivity contribution in [3.8, 4) is 0 Å². The zero-order valence-electron chi connectivity index (χ0n) is 9.43. The number of carbonyl (C=O) groups excluding carboxylic acids is 1. The first-order valence-corrected chi connectivity index (χ1v) is 5.45. The maximum Gasteiger partial charge on any atom is 0.407 e. The molecule has 92 valence electrons. The standard InChI is InChI=1S/C12H13F2NO2/c1-15-12(16)17-9-3-2-7-4-8(13)5-11(14)10(7)6-9/h4-5,9H,2-3,6H2,1H3,(H,15,16). The number of halogens is 2. The number of fused-ring (bicyclic) bond motifs is 1. The Bertz CT molecular complexity index is 448. The zero-order valence-corrected chi connectivity index (χ0v) is 9.43. The SMILES string of the molecule is CNC(=O)OC1CCc2cc(F)cc(F)c2C1. The third-order valence-electron chi connectivity index (χ3n) is 2.90. The molecule has 1 aliphatic rings. The molecular weight excluding hydrogens is 228 g/mol. The Morgan fingerprint density at radius 2 is 2.24 bits per heavy atom. The summed E-state index contributed by atoms with van der Waals surface area (Å²) >= 11 is 0. The van der Waals surface area contributed by atoms with E-state index in [1.165, 1.54) is 13.1 Å². The van der Waals surface area contributed by atoms with Crippen LogP contribution in [0.3, 0.4) is 0 Å². The number of amides is 1. The van der Waals surface area contributed by atoms with Crippen molar-refractivity contribution in [3.63, 3.8) is 0 Å². The van der Waals surface area contributed by atoms with Crippen LogP contribution in [0.1, 0.15) is 17.5 Å². The Hall–Kier alpha value is -1.65. The lowest BCUT2D eigenvalue weighted by Gasteiger charge is -2.24. The molecular formula is C12H13F2NO2. The maximum atomic E-state index is 13.5. The smallest absolute Gasteiger partial charge is 0.407 e. The van der Waals surface area contributed by atoms with Gasteiger partial charge in [-0.2, -0.15) is 0 Å². The van der Waals surface area contributed by atoms with Gasteiger partial charge in [-0.25, -0.2) is 13.6 Å². The Kier molecular flexibility index (Phi) is 3.26. The minimum Gasteiger partial charge on any atom is -0.446 e. The lowest BCUT2D eigenvalue weighted by molar-refractivity contribution is 0.0905. The van der Waals surface area contributed by atoms with Crippen LogP contribution in [-0.2, 0) is 17.6 Å². The van der Waals surface area contributed by atoms with Crippen molar-refractivity contribution in [1.82, 2.24) is 5.32 Å². The minimum atomic E-state index is -0.565. The van der Waals surface area contributed by atoms with E-state index in [2.05, 4.69) is 5.32 Å². The van der Waals surface area contributed by atoms with Gasteiger partial charge in [0.25, 0.3) is 0 Å². The molecule has 1 atom stereocenters. The molecule has 0 spiro atoms. The molecule has 1 aliphatic carbocycles. The van der Waals surface area contributed by atoms with Crippen LogP contribution in [0.15, 0.2) is 12.1 Å². The Morgan fingerprint density at radius 3 is 2.94 bits per heavy atom. The molecule has 0 radical (unpaired) electrons. The molecule has 0 aliphatic heterocycles. The molecule has 1 N–H and O–H groups in total. The van der Waals surface area contributed by atoms with E-state index in [0.717, 1.165) is 6.07 Å². The van der Waals surface area contributed by atoms with Crippen LogP contribution in [0.25, 0.3) is 0 Å². The Labute approximate surface area is 97.8 Å². The van der Waals surface area contributed by atoms with Crippen molar-refractivity contribution in [2.75, 3.05) is 7.05 Å². The van der Waals surface area contributed by atoms with Gasteiger partial charge in [-0.1, -0.05) is 0 Å². The predicted octanol–water partition coefficient (Wildman–Crippen LogP) is 2.18. The summed E-state index contributed by atoms with van der Waals surface area (Å²) in [6.07, 6.45) is 0.535. The van der Waals surface area contributed by atoms with Crippen LogP contribution >= 0.6 is 0 Å². The molecule has 0 saturated carbocycles. The average molecular weight is 241 g/mol. The van der Waals surface area contributed by atoms with Crippen molar-refractivity contribution < 1.29 is 18.3 Å². The normalized spacial score (nSPS) is 18.4. The van der Waals surface area contributed by atoms with E-state index >= 15 is 0 Å². The third-order valence-corrected chi connectivity index (χ3v) is 2.90. The van der Waals surface area contributed by atoms with Crippen LogP contribution < -0.4 is 5.32 Å². The highest BCUT2D eigenvalue weighted by Gasteiger charge is 2.24. The highest BCUT2D eigenvalue weighted by atomic mass is 19.1. The van der Waals surface area contributed by atoms with E-state index in [1.807, 2.05) is 0 Å². The molecule has 17 heavy (non-hydrogen) atoms. The second kappa shape index (κ2) is 4.69. The summed E-state index contributed by atoms with van der Waals surface area (Å²) in [5.74, 6) is -1.13. The summed E-state index contributed by atoms with van der Waals surface area (Å²) in [5.41, 5.74) is 1.12. The van der Waals surface area contributed by atoms with Crippen LogP contribution in [0, 0.1) is 11.6 Å². The number of hydrogen-bond acceptors (Lipinski definition) is 2. The summed E-state index contributed by atoms with van der Waals surface area (Å²) < 4.78 is 31.6. The number of ether oxygens (including phenoxy) is 1. The predicted molar refractivity (Wildman–Crippen MR) is 57.7 cm³/mol. The third kappa shape index (κ3) is 2.54. The van der Waals surface area contributed by atoms with Gasteiger partial charge in [-0.15, -0.1) is 0 Å². The van der Waals surface area contributed by atoms with Gasteiger partial charge in [0.2, 0.25) is 0 Å². The molecule has 0 bridgehead atoms. The first kappa shape index (κ1) is 11.8. The van der Waals surface area contributed by atoms with Gasteiger partial charge in [0.15, 0.2) is 0 Å². The van der Waals surface area contributed by atoms with Crippen LogP contribution in [0.2, 0.25) is 0 Å². The average Bonchev–Trinajstić information content (AvgIpc) is 2.29. The number of carbonyl (C=O) groups is 1. The molecule has 0 saturated heterocycles. The number of alkyl carbamates (subject to hydrolysis) is 1. The lowest BCUT2D eigenvalue weighted by atomic mass is 9.89. The molecule has 0 aromatic heterocycles. The zero-order chi connectivity index (χ0) is 12.4. The highest BCUT2D eigenvalue weighted by molar-refractivity contribution is 5.66. The van der Waals surface area contributed by atoms with Gasteiger partial charge >= 0.3 is 6.09 Å². The van der Waals surface area contributed by atoms with Crippen molar-refractivity contribution >= 4 is 6.09 Å². The molecule has 1 aromatic rings. The molecule has 0 heterocycles. The van der Waals surface area contributed by atoms with Crippen molar-refractivity contribution in [1.29, 1.82) is 0 Å². The lowest BCUT2D eigenvalue weighted by Crippen LogP contribution is -2.30. The summed E-state index contributed by atoms with van der Waals surface area (Å²) in [7, 11) is 1.47. The highest BCUT2D eigenvalue weighted by Crippen LogP contribution is 2.26. The summed E-state index contributed by atoms with van der Waals surface area (Å²) in [6, 6.07) is 2.20. The summed E-state index contributed by atoms with van der Waals surface area (Å²) in [6.45, 7) is 0. The number of aryl methyl sites for hydroxylation is 1. The Morgan fingerprint density at radius 1 is 1.47 bits per heavy atom. The van der Waals surface area contributed by atoms with Crippen molar-refractivity contribution in [2.45, 2.75) is 25.4 Å². The molecule has 2 rings (SSSR count). The second-order valence-electron chi connectivity index (χ2n) is 4.05. The minimum absolute atomic E-state index is 0.300. The van der Waals surface area contributed by atoms with Crippen molar-refractivity contribution in [2.24, 2.45) is 0 Å². The van der Waals surface area contributed by atoms with Gasteiger partial charge < -0.3 is 10.1 Å². The van der Waals surface area contributed by atoms with Gasteiger partial charge in [0.05, 0.1) is 0 Å². The van der Waals surface area contributed by atoms with E-state index in [-0.39, 0.29) is 6.10 Å². The second-order valence-corrected chi connectivity index (χ2v) is 4.05. The van der Waals surface area contributed by atoms with Gasteiger partial charge in [-0.3, -0.25) is 0 Å². The molecule has 1 unspecified atom stereocenters. The van der Waals surface area contributed by atoms with Gasteiger partial charge in [0.1, 0.15) is 17.7 Å². The van der Waals surface area contributed by atoms with Gasteiger partial charge in [0, 0.05) is 19.5 Å². The Balaban J connectivity index is 2.16. The van der Waals surface area contributed by atoms with Gasteiger partial charge in [-0.05, 0) is 30.0 Å². The molecule has 5 heteroatoms. The monoisotopic (exact) mass is 241 g/mol. The van der Waals surface area contributed by atoms with E-state index in [0.29, 0.717) is 30.4 Å². The summed E-state index contributed by atoms with van der Waals surface area (Å²) in [4.78, 5) is 11.0. The van der Waals surface area contributed by atoms with E-state index < -0.39 is 17.7 Å². The van der Waals surface area contributed by atoms with E-state index in [4.69, 9.17) is 4.74 Å². The topological polar surface area (TPSA) is 38.3 Å².